The van der Waals surface area contributed by atoms with E-state index in [9.17, 15) is 19.7 Å². The van der Waals surface area contributed by atoms with E-state index < -0.39 is 11.1 Å². The highest BCUT2D eigenvalue weighted by Crippen LogP contribution is 2.12. The highest BCUT2D eigenvalue weighted by atomic mass is 16.9. The molecule has 3 amide bonds. The van der Waals surface area contributed by atoms with Crippen LogP contribution in [0.3, 0.4) is 0 Å². The van der Waals surface area contributed by atoms with Crippen molar-refractivity contribution in [2.75, 3.05) is 19.7 Å². The molecule has 19 heavy (non-hydrogen) atoms. The first-order valence-corrected chi connectivity index (χ1v) is 6.10. The number of hydrogen-bond donors (Lipinski definition) is 2. The smallest absolute Gasteiger partial charge is 0.312 e. The number of carbonyl (C=O) groups is 2. The molecule has 0 aromatic carbocycles. The van der Waals surface area contributed by atoms with Crippen LogP contribution in [0.4, 0.5) is 4.79 Å². The Morgan fingerprint density at radius 2 is 2.05 bits per heavy atom. The van der Waals surface area contributed by atoms with Crippen LogP contribution >= 0.6 is 0 Å². The maximum absolute atomic E-state index is 11.8. The van der Waals surface area contributed by atoms with E-state index in [0.717, 1.165) is 0 Å². The summed E-state index contributed by atoms with van der Waals surface area (Å²) >= 11 is 0. The molecule has 0 atom stereocenters. The van der Waals surface area contributed by atoms with Crippen LogP contribution in [-0.2, 0) is 9.63 Å². The van der Waals surface area contributed by atoms with Crippen molar-refractivity contribution >= 4 is 11.9 Å². The maximum Gasteiger partial charge on any atom is 0.312 e. The second-order valence-electron chi connectivity index (χ2n) is 4.32. The Morgan fingerprint density at radius 1 is 1.42 bits per heavy atom. The average molecular weight is 274 g/mol. The van der Waals surface area contributed by atoms with Crippen LogP contribution in [0, 0.1) is 10.1 Å². The zero-order valence-corrected chi connectivity index (χ0v) is 10.5. The van der Waals surface area contributed by atoms with Gasteiger partial charge in [-0.05, 0) is 19.3 Å². The predicted octanol–water partition coefficient (Wildman–Crippen LogP) is -0.366. The number of primary amides is 1. The standard InChI is InChI=1S/C10H18N4O5/c11-10(16)12-8-3-5-13(6-4-8)9(15)2-1-7-19-14(17)18/h8H,1-7H2,(H3,11,12,16). The zero-order chi connectivity index (χ0) is 14.3. The Hall–Kier alpha value is -2.06. The van der Waals surface area contributed by atoms with Crippen molar-refractivity contribution in [1.82, 2.24) is 10.2 Å². The van der Waals surface area contributed by atoms with Crippen molar-refractivity contribution < 1.29 is 19.5 Å². The lowest BCUT2D eigenvalue weighted by Gasteiger charge is -2.32. The lowest BCUT2D eigenvalue weighted by molar-refractivity contribution is -0.757. The Labute approximate surface area is 110 Å². The normalized spacial score (nSPS) is 15.9. The largest absolute Gasteiger partial charge is 0.352 e. The molecule has 1 heterocycles. The van der Waals surface area contributed by atoms with Crippen LogP contribution in [0.2, 0.25) is 0 Å². The molecule has 0 radical (unpaired) electrons. The van der Waals surface area contributed by atoms with Gasteiger partial charge in [0.15, 0.2) is 0 Å². The molecular formula is C10H18N4O5. The van der Waals surface area contributed by atoms with Gasteiger partial charge in [-0.2, -0.15) is 0 Å². The number of carbonyl (C=O) groups excluding carboxylic acids is 2. The lowest BCUT2D eigenvalue weighted by atomic mass is 10.0. The van der Waals surface area contributed by atoms with E-state index in [0.29, 0.717) is 32.4 Å². The summed E-state index contributed by atoms with van der Waals surface area (Å²) in [7, 11) is 0. The molecule has 1 aliphatic rings. The first kappa shape index (κ1) is 15.0. The van der Waals surface area contributed by atoms with E-state index in [2.05, 4.69) is 10.2 Å². The van der Waals surface area contributed by atoms with E-state index in [1.165, 1.54) is 0 Å². The summed E-state index contributed by atoms with van der Waals surface area (Å²) in [6.45, 7) is 1.04. The third-order valence-electron chi connectivity index (χ3n) is 2.93. The molecule has 0 spiro atoms. The van der Waals surface area contributed by atoms with Crippen LogP contribution in [0.25, 0.3) is 0 Å². The number of nitrogens with two attached hydrogens (primary N) is 1. The monoisotopic (exact) mass is 274 g/mol. The average Bonchev–Trinajstić information content (AvgIpc) is 2.34. The molecule has 1 fully saturated rings. The molecule has 1 saturated heterocycles. The van der Waals surface area contributed by atoms with Gasteiger partial charge >= 0.3 is 6.03 Å². The molecule has 0 aromatic rings. The van der Waals surface area contributed by atoms with Gasteiger partial charge in [0.05, 0.1) is 6.61 Å². The molecule has 9 nitrogen and oxygen atoms in total. The highest BCUT2D eigenvalue weighted by Gasteiger charge is 2.22. The fourth-order valence-electron chi connectivity index (χ4n) is 2.00. The van der Waals surface area contributed by atoms with Gasteiger partial charge in [0.1, 0.15) is 0 Å². The summed E-state index contributed by atoms with van der Waals surface area (Å²) in [5.41, 5.74) is 5.02. The SMILES string of the molecule is NC(=O)NC1CCN(C(=O)CCCO[N+](=O)[O-])CC1. The molecule has 0 bridgehead atoms. The molecule has 0 unspecified atom stereocenters. The zero-order valence-electron chi connectivity index (χ0n) is 10.5. The van der Waals surface area contributed by atoms with E-state index in [1.54, 1.807) is 4.90 Å². The number of piperidine rings is 1. The van der Waals surface area contributed by atoms with Crippen molar-refractivity contribution in [2.45, 2.75) is 31.7 Å². The van der Waals surface area contributed by atoms with Gasteiger partial charge in [0, 0.05) is 25.6 Å². The number of hydrogen-bond acceptors (Lipinski definition) is 5. The highest BCUT2D eigenvalue weighted by molar-refractivity contribution is 5.76. The van der Waals surface area contributed by atoms with Crippen LogP contribution in [-0.4, -0.2) is 47.7 Å². The molecule has 3 N–H and O–H groups in total. The van der Waals surface area contributed by atoms with Gasteiger partial charge in [-0.15, -0.1) is 10.1 Å². The van der Waals surface area contributed by atoms with Crippen LogP contribution in [0.1, 0.15) is 25.7 Å². The quantitative estimate of drug-likeness (QED) is 0.388. The summed E-state index contributed by atoms with van der Waals surface area (Å²) in [4.78, 5) is 38.2. The maximum atomic E-state index is 11.8. The van der Waals surface area contributed by atoms with Gasteiger partial charge in [0.2, 0.25) is 5.91 Å². The van der Waals surface area contributed by atoms with Crippen molar-refractivity contribution in [3.05, 3.63) is 10.1 Å². The minimum absolute atomic E-state index is 0.0133. The molecule has 1 aliphatic heterocycles. The van der Waals surface area contributed by atoms with Crippen LogP contribution < -0.4 is 11.1 Å². The van der Waals surface area contributed by atoms with Crippen molar-refractivity contribution in [3.8, 4) is 0 Å². The topological polar surface area (TPSA) is 128 Å². The van der Waals surface area contributed by atoms with Crippen molar-refractivity contribution in [3.63, 3.8) is 0 Å². The number of urea groups is 1. The van der Waals surface area contributed by atoms with Crippen LogP contribution in [0.15, 0.2) is 0 Å². The minimum atomic E-state index is -0.870. The first-order chi connectivity index (χ1) is 8.99. The molecule has 0 aliphatic carbocycles. The molecule has 0 saturated carbocycles. The van der Waals surface area contributed by atoms with Gasteiger partial charge in [-0.3, -0.25) is 4.79 Å². The summed E-state index contributed by atoms with van der Waals surface area (Å²) in [6.07, 6.45) is 1.88. The number of amides is 3. The number of likely N-dealkylation sites (tertiary alicyclic amines) is 1. The first-order valence-electron chi connectivity index (χ1n) is 6.10. The molecule has 108 valence electrons. The van der Waals surface area contributed by atoms with Gasteiger partial charge in [-0.1, -0.05) is 0 Å². The number of rotatable bonds is 6. The summed E-state index contributed by atoms with van der Waals surface area (Å²) in [5.74, 6) is -0.0514. The molecule has 1 rings (SSSR count). The minimum Gasteiger partial charge on any atom is -0.352 e. The van der Waals surface area contributed by atoms with Gasteiger partial charge in [-0.25, -0.2) is 4.79 Å². The Morgan fingerprint density at radius 3 is 2.58 bits per heavy atom. The predicted molar refractivity (Wildman–Crippen MR) is 64.5 cm³/mol. The van der Waals surface area contributed by atoms with E-state index in [4.69, 9.17) is 5.73 Å². The van der Waals surface area contributed by atoms with E-state index >= 15 is 0 Å². The second-order valence-corrected chi connectivity index (χ2v) is 4.32. The Bertz CT molecular complexity index is 341. The van der Waals surface area contributed by atoms with Gasteiger partial charge < -0.3 is 20.8 Å². The Kier molecular flexibility index (Phi) is 5.83. The second kappa shape index (κ2) is 7.39. The third-order valence-corrected chi connectivity index (χ3v) is 2.93. The third kappa shape index (κ3) is 5.89. The lowest BCUT2D eigenvalue weighted by Crippen LogP contribution is -2.47. The Balaban J connectivity index is 2.18. The fraction of sp³-hybridized carbons (Fsp3) is 0.800. The van der Waals surface area contributed by atoms with Gasteiger partial charge in [0.25, 0.3) is 5.09 Å². The summed E-state index contributed by atoms with van der Waals surface area (Å²) in [5, 5.41) is 11.7. The molecule has 9 heteroatoms. The van der Waals surface area contributed by atoms with Crippen molar-refractivity contribution in [1.29, 1.82) is 0 Å². The summed E-state index contributed by atoms with van der Waals surface area (Å²) in [6, 6.07) is -0.541. The van der Waals surface area contributed by atoms with E-state index in [-0.39, 0.29) is 25.0 Å². The molecular weight excluding hydrogens is 256 g/mol. The van der Waals surface area contributed by atoms with Crippen molar-refractivity contribution in [2.24, 2.45) is 5.73 Å². The summed E-state index contributed by atoms with van der Waals surface area (Å²) < 4.78 is 0. The molecule has 0 aromatic heterocycles. The van der Waals surface area contributed by atoms with Crippen LogP contribution in [0.5, 0.6) is 0 Å². The number of nitrogens with one attached hydrogen (secondary N) is 1. The number of nitrogens with zero attached hydrogens (tertiary/aromatic N) is 2. The fourth-order valence-corrected chi connectivity index (χ4v) is 2.00. The van der Waals surface area contributed by atoms with E-state index in [1.807, 2.05) is 0 Å².